The van der Waals surface area contributed by atoms with Crippen molar-refractivity contribution >= 4 is 17.3 Å². The van der Waals surface area contributed by atoms with Crippen LogP contribution in [0.15, 0.2) is 30.6 Å². The molecule has 7 heteroatoms. The molecule has 2 aromatic rings. The Kier molecular flexibility index (Phi) is 3.17. The zero-order valence-corrected chi connectivity index (χ0v) is 9.63. The minimum absolute atomic E-state index is 0.0222. The van der Waals surface area contributed by atoms with Gasteiger partial charge in [0.2, 0.25) is 0 Å². The molecule has 2 rings (SSSR count). The molecule has 1 heterocycles. The number of halogens is 1. The van der Waals surface area contributed by atoms with E-state index < -0.39 is 4.92 Å². The molecule has 0 saturated carbocycles. The summed E-state index contributed by atoms with van der Waals surface area (Å²) in [5.41, 5.74) is 0.747. The first-order chi connectivity index (χ1) is 8.63. The molecule has 1 aromatic heterocycles. The number of hydrogen-bond donors (Lipinski definition) is 0. The molecule has 1 aromatic carbocycles. The van der Waals surface area contributed by atoms with Gasteiger partial charge in [0.05, 0.1) is 10.6 Å². The van der Waals surface area contributed by atoms with Gasteiger partial charge in [0, 0.05) is 17.7 Å². The predicted molar refractivity (Wildman–Crippen MR) is 63.8 cm³/mol. The molecule has 0 atom stereocenters. The normalized spacial score (nSPS) is 9.78. The largest absolute Gasteiger partial charge is 0.270 e. The Balaban J connectivity index is 2.63. The average molecular weight is 261 g/mol. The summed E-state index contributed by atoms with van der Waals surface area (Å²) in [6.45, 7) is 0. The maximum absolute atomic E-state index is 10.7. The summed E-state index contributed by atoms with van der Waals surface area (Å²) < 4.78 is 0. The summed E-state index contributed by atoms with van der Waals surface area (Å²) in [4.78, 5) is 17.8. The number of benzene rings is 1. The highest BCUT2D eigenvalue weighted by Crippen LogP contribution is 2.27. The SMILES string of the molecule is N#Cc1c(Cl)ncnc1-c1cccc([N+](=O)[O-])c1. The lowest BCUT2D eigenvalue weighted by Gasteiger charge is -2.03. The van der Waals surface area contributed by atoms with Gasteiger partial charge in [-0.15, -0.1) is 0 Å². The summed E-state index contributed by atoms with van der Waals surface area (Å²) >= 11 is 5.77. The smallest absolute Gasteiger partial charge is 0.258 e. The number of aromatic nitrogens is 2. The van der Waals surface area contributed by atoms with E-state index >= 15 is 0 Å². The Morgan fingerprint density at radius 1 is 1.39 bits per heavy atom. The molecule has 0 saturated heterocycles. The number of hydrogen-bond acceptors (Lipinski definition) is 5. The summed E-state index contributed by atoms with van der Waals surface area (Å²) in [5.74, 6) is 0. The van der Waals surface area contributed by atoms with Crippen molar-refractivity contribution in [3.8, 4) is 17.3 Å². The minimum Gasteiger partial charge on any atom is -0.258 e. The van der Waals surface area contributed by atoms with Crippen LogP contribution >= 0.6 is 11.6 Å². The van der Waals surface area contributed by atoms with Crippen LogP contribution < -0.4 is 0 Å². The van der Waals surface area contributed by atoms with Crippen molar-refractivity contribution in [2.45, 2.75) is 0 Å². The van der Waals surface area contributed by atoms with Gasteiger partial charge in [-0.25, -0.2) is 9.97 Å². The molecule has 6 nitrogen and oxygen atoms in total. The van der Waals surface area contributed by atoms with Crippen molar-refractivity contribution in [1.82, 2.24) is 9.97 Å². The first-order valence-corrected chi connectivity index (χ1v) is 5.16. The average Bonchev–Trinajstić information content (AvgIpc) is 2.38. The van der Waals surface area contributed by atoms with Gasteiger partial charge < -0.3 is 0 Å². The molecule has 88 valence electrons. The van der Waals surface area contributed by atoms with E-state index in [2.05, 4.69) is 9.97 Å². The topological polar surface area (TPSA) is 92.7 Å². The lowest BCUT2D eigenvalue weighted by molar-refractivity contribution is -0.384. The molecule has 0 aliphatic heterocycles. The molecule has 0 unspecified atom stereocenters. The molecule has 0 aliphatic carbocycles. The van der Waals surface area contributed by atoms with E-state index in [1.807, 2.05) is 6.07 Å². The van der Waals surface area contributed by atoms with Crippen molar-refractivity contribution in [1.29, 1.82) is 5.26 Å². The maximum Gasteiger partial charge on any atom is 0.270 e. The van der Waals surface area contributed by atoms with Gasteiger partial charge in [0.15, 0.2) is 5.15 Å². The minimum atomic E-state index is -0.516. The summed E-state index contributed by atoms with van der Waals surface area (Å²) in [7, 11) is 0. The Morgan fingerprint density at radius 3 is 2.83 bits per heavy atom. The number of nitrogens with zero attached hydrogens (tertiary/aromatic N) is 4. The predicted octanol–water partition coefficient (Wildman–Crippen LogP) is 2.58. The quantitative estimate of drug-likeness (QED) is 0.470. The fraction of sp³-hybridized carbons (Fsp3) is 0. The van der Waals surface area contributed by atoms with Gasteiger partial charge in [-0.2, -0.15) is 5.26 Å². The Labute approximate surface area is 107 Å². The van der Waals surface area contributed by atoms with Crippen molar-refractivity contribution in [2.24, 2.45) is 0 Å². The van der Waals surface area contributed by atoms with Crippen molar-refractivity contribution in [3.63, 3.8) is 0 Å². The fourth-order valence-electron chi connectivity index (χ4n) is 1.45. The van der Waals surface area contributed by atoms with Gasteiger partial charge in [-0.3, -0.25) is 10.1 Å². The third-order valence-corrected chi connectivity index (χ3v) is 2.53. The van der Waals surface area contributed by atoms with E-state index in [1.54, 1.807) is 6.07 Å². The number of rotatable bonds is 2. The highest BCUT2D eigenvalue weighted by atomic mass is 35.5. The monoisotopic (exact) mass is 260 g/mol. The molecular weight excluding hydrogens is 256 g/mol. The van der Waals surface area contributed by atoms with Crippen LogP contribution in [0.4, 0.5) is 5.69 Å². The van der Waals surface area contributed by atoms with Crippen molar-refractivity contribution in [3.05, 3.63) is 51.4 Å². The maximum atomic E-state index is 10.7. The molecule has 0 aliphatic rings. The third-order valence-electron chi connectivity index (χ3n) is 2.24. The first-order valence-electron chi connectivity index (χ1n) is 4.79. The van der Waals surface area contributed by atoms with E-state index in [0.29, 0.717) is 5.56 Å². The van der Waals surface area contributed by atoms with Crippen LogP contribution in [0.5, 0.6) is 0 Å². The molecule has 0 fully saturated rings. The first kappa shape index (κ1) is 12.0. The van der Waals surface area contributed by atoms with E-state index in [4.69, 9.17) is 16.9 Å². The van der Waals surface area contributed by atoms with Crippen molar-refractivity contribution in [2.75, 3.05) is 0 Å². The highest BCUT2D eigenvalue weighted by Gasteiger charge is 2.14. The van der Waals surface area contributed by atoms with Gasteiger partial charge in [-0.05, 0) is 0 Å². The highest BCUT2D eigenvalue weighted by molar-refractivity contribution is 6.30. The van der Waals surface area contributed by atoms with Crippen molar-refractivity contribution < 1.29 is 4.92 Å². The molecule has 0 bridgehead atoms. The molecule has 0 radical (unpaired) electrons. The standard InChI is InChI=1S/C11H5ClN4O2/c12-11-9(5-13)10(14-6-15-11)7-2-1-3-8(4-7)16(17)18/h1-4,6H. The molecular formula is C11H5ClN4O2. The van der Waals surface area contributed by atoms with E-state index in [-0.39, 0.29) is 22.1 Å². The van der Waals surface area contributed by atoms with Gasteiger partial charge in [0.1, 0.15) is 18.0 Å². The molecule has 18 heavy (non-hydrogen) atoms. The van der Waals surface area contributed by atoms with Gasteiger partial charge in [0.25, 0.3) is 5.69 Å². The van der Waals surface area contributed by atoms with Crippen LogP contribution in [0.1, 0.15) is 5.56 Å². The zero-order chi connectivity index (χ0) is 13.1. The number of nitro benzene ring substituents is 1. The van der Waals surface area contributed by atoms with Crippen LogP contribution in [-0.2, 0) is 0 Å². The molecule has 0 amide bonds. The van der Waals surface area contributed by atoms with E-state index in [0.717, 1.165) is 0 Å². The van der Waals surface area contributed by atoms with Crippen LogP contribution in [-0.4, -0.2) is 14.9 Å². The Bertz CT molecular complexity index is 666. The van der Waals surface area contributed by atoms with E-state index in [1.165, 1.54) is 24.5 Å². The second-order valence-corrected chi connectivity index (χ2v) is 3.67. The van der Waals surface area contributed by atoms with E-state index in [9.17, 15) is 10.1 Å². The molecule has 0 spiro atoms. The third kappa shape index (κ3) is 2.12. The summed E-state index contributed by atoms with van der Waals surface area (Å²) in [6, 6.07) is 7.71. The zero-order valence-electron chi connectivity index (χ0n) is 8.87. The fourth-order valence-corrected chi connectivity index (χ4v) is 1.62. The summed E-state index contributed by atoms with van der Waals surface area (Å²) in [5, 5.41) is 19.7. The Morgan fingerprint density at radius 2 is 2.17 bits per heavy atom. The van der Waals surface area contributed by atoms with Gasteiger partial charge >= 0.3 is 0 Å². The second-order valence-electron chi connectivity index (χ2n) is 3.31. The Hall–Kier alpha value is -2.52. The van der Waals surface area contributed by atoms with Crippen LogP contribution in [0.3, 0.4) is 0 Å². The van der Waals surface area contributed by atoms with Gasteiger partial charge in [-0.1, -0.05) is 23.7 Å². The van der Waals surface area contributed by atoms with Crippen LogP contribution in [0.25, 0.3) is 11.3 Å². The van der Waals surface area contributed by atoms with Crippen LogP contribution in [0, 0.1) is 21.4 Å². The summed E-state index contributed by atoms with van der Waals surface area (Å²) in [6.07, 6.45) is 1.21. The van der Waals surface area contributed by atoms with Crippen LogP contribution in [0.2, 0.25) is 5.15 Å². The number of non-ortho nitro benzene ring substituents is 1. The lowest BCUT2D eigenvalue weighted by Crippen LogP contribution is -1.94. The second kappa shape index (κ2) is 4.77. The number of nitro groups is 1. The molecule has 0 N–H and O–H groups in total. The lowest BCUT2D eigenvalue weighted by atomic mass is 10.1. The number of nitriles is 1.